The Morgan fingerprint density at radius 3 is 2.61 bits per heavy atom. The highest BCUT2D eigenvalue weighted by Crippen LogP contribution is 2.30. The summed E-state index contributed by atoms with van der Waals surface area (Å²) in [5.74, 6) is -0.942. The topological polar surface area (TPSA) is 62.2 Å². The van der Waals surface area contributed by atoms with Gasteiger partial charge in [-0.1, -0.05) is 0 Å². The molecule has 1 aromatic heterocycles. The summed E-state index contributed by atoms with van der Waals surface area (Å²) < 4.78 is 0. The van der Waals surface area contributed by atoms with Crippen LogP contribution in [0.2, 0.25) is 0 Å². The van der Waals surface area contributed by atoms with Crippen molar-refractivity contribution in [2.24, 2.45) is 0 Å². The van der Waals surface area contributed by atoms with Gasteiger partial charge in [0.05, 0.1) is 0 Å². The molecule has 0 aromatic carbocycles. The lowest BCUT2D eigenvalue weighted by atomic mass is 9.95. The molecule has 1 saturated carbocycles. The van der Waals surface area contributed by atoms with Gasteiger partial charge in [-0.05, 0) is 38.9 Å². The normalized spacial score (nSPS) is 23.9. The molecule has 0 aliphatic heterocycles. The fourth-order valence-electron chi connectivity index (χ4n) is 2.27. The molecule has 0 bridgehead atoms. The van der Waals surface area contributed by atoms with Gasteiger partial charge in [-0.3, -0.25) is 0 Å². The van der Waals surface area contributed by atoms with E-state index in [0.29, 0.717) is 6.04 Å². The Kier molecular flexibility index (Phi) is 4.50. The molecule has 1 fully saturated rings. The number of anilines is 1. The van der Waals surface area contributed by atoms with E-state index in [4.69, 9.17) is 5.11 Å². The van der Waals surface area contributed by atoms with E-state index in [0.717, 1.165) is 28.1 Å². The minimum atomic E-state index is -0.942. The van der Waals surface area contributed by atoms with Crippen LogP contribution in [0.25, 0.3) is 0 Å². The second kappa shape index (κ2) is 5.93. The van der Waals surface area contributed by atoms with Crippen molar-refractivity contribution >= 4 is 34.2 Å². The Morgan fingerprint density at radius 1 is 1.44 bits per heavy atom. The van der Waals surface area contributed by atoms with Gasteiger partial charge in [0, 0.05) is 16.2 Å². The minimum absolute atomic E-state index is 0.181. The third kappa shape index (κ3) is 3.17. The molecule has 0 radical (unpaired) electrons. The van der Waals surface area contributed by atoms with Gasteiger partial charge in [0.1, 0.15) is 0 Å². The van der Waals surface area contributed by atoms with Gasteiger partial charge in [-0.15, -0.1) is 11.3 Å². The highest BCUT2D eigenvalue weighted by atomic mass is 32.2. The molecular weight excluding hydrogens is 268 g/mol. The summed E-state index contributed by atoms with van der Waals surface area (Å²) in [6, 6.07) is 0.445. The zero-order valence-electron chi connectivity index (χ0n) is 10.6. The van der Waals surface area contributed by atoms with E-state index >= 15 is 0 Å². The van der Waals surface area contributed by atoms with Crippen LogP contribution in [0.15, 0.2) is 0 Å². The molecular formula is C12H18N2O2S2. The molecule has 2 rings (SSSR count). The molecule has 0 saturated heterocycles. The number of hydrogen-bond acceptors (Lipinski definition) is 5. The van der Waals surface area contributed by atoms with Gasteiger partial charge in [-0.25, -0.2) is 9.78 Å². The number of nitrogens with one attached hydrogen (secondary N) is 1. The van der Waals surface area contributed by atoms with Gasteiger partial charge < -0.3 is 10.4 Å². The summed E-state index contributed by atoms with van der Waals surface area (Å²) in [7, 11) is 0. The lowest BCUT2D eigenvalue weighted by molar-refractivity contribution is 0.0690. The Hall–Kier alpha value is -0.750. The number of carboxylic acids is 1. The van der Waals surface area contributed by atoms with Crippen molar-refractivity contribution in [2.45, 2.75) is 43.9 Å². The second-order valence-corrected chi connectivity index (χ2v) is 6.92. The van der Waals surface area contributed by atoms with Gasteiger partial charge in [0.15, 0.2) is 10.8 Å². The number of carbonyl (C=O) groups is 1. The molecule has 100 valence electrons. The Morgan fingerprint density at radius 2 is 2.11 bits per heavy atom. The van der Waals surface area contributed by atoms with E-state index < -0.39 is 5.97 Å². The van der Waals surface area contributed by atoms with Crippen LogP contribution >= 0.6 is 23.1 Å². The van der Waals surface area contributed by atoms with Crippen molar-refractivity contribution in [2.75, 3.05) is 11.6 Å². The van der Waals surface area contributed by atoms with E-state index in [1.807, 2.05) is 11.8 Å². The predicted octanol–water partition coefficient (Wildman–Crippen LogP) is 3.24. The monoisotopic (exact) mass is 286 g/mol. The largest absolute Gasteiger partial charge is 0.476 e. The average molecular weight is 286 g/mol. The standard InChI is InChI=1S/C12H18N2O2S2/c1-7-10(11(15)16)14-12(18-7)13-8-3-5-9(17-2)6-4-8/h8-9H,3-6H2,1-2H3,(H,13,14)(H,15,16). The number of rotatable bonds is 4. The van der Waals surface area contributed by atoms with Crippen molar-refractivity contribution in [3.05, 3.63) is 10.6 Å². The summed E-state index contributed by atoms with van der Waals surface area (Å²) in [5.41, 5.74) is 0.181. The zero-order valence-corrected chi connectivity index (χ0v) is 12.2. The van der Waals surface area contributed by atoms with Crippen LogP contribution in [-0.4, -0.2) is 33.6 Å². The molecule has 18 heavy (non-hydrogen) atoms. The molecule has 4 nitrogen and oxygen atoms in total. The van der Waals surface area contributed by atoms with Crippen molar-refractivity contribution < 1.29 is 9.90 Å². The van der Waals surface area contributed by atoms with Gasteiger partial charge in [0.25, 0.3) is 0 Å². The lowest BCUT2D eigenvalue weighted by Crippen LogP contribution is -2.27. The van der Waals surface area contributed by atoms with Crippen LogP contribution in [0.4, 0.5) is 5.13 Å². The maximum absolute atomic E-state index is 10.9. The third-order valence-corrected chi connectivity index (χ3v) is 5.37. The van der Waals surface area contributed by atoms with Crippen molar-refractivity contribution in [1.29, 1.82) is 0 Å². The zero-order chi connectivity index (χ0) is 13.1. The third-order valence-electron chi connectivity index (χ3n) is 3.33. The van der Waals surface area contributed by atoms with Crippen LogP contribution in [0.3, 0.4) is 0 Å². The maximum atomic E-state index is 10.9. The molecule has 0 unspecified atom stereocenters. The number of aromatic carboxylic acids is 1. The van der Waals surface area contributed by atoms with E-state index in [9.17, 15) is 4.79 Å². The van der Waals surface area contributed by atoms with Crippen LogP contribution in [-0.2, 0) is 0 Å². The van der Waals surface area contributed by atoms with E-state index in [-0.39, 0.29) is 5.69 Å². The highest BCUT2D eigenvalue weighted by Gasteiger charge is 2.22. The van der Waals surface area contributed by atoms with Crippen LogP contribution < -0.4 is 5.32 Å². The molecule has 0 atom stereocenters. The molecule has 1 aliphatic carbocycles. The molecule has 0 spiro atoms. The Balaban J connectivity index is 1.94. The van der Waals surface area contributed by atoms with Crippen molar-refractivity contribution in [1.82, 2.24) is 4.98 Å². The SMILES string of the molecule is CSC1CCC(Nc2nc(C(=O)O)c(C)s2)CC1. The fraction of sp³-hybridized carbons (Fsp3) is 0.667. The van der Waals surface area contributed by atoms with E-state index in [2.05, 4.69) is 16.6 Å². The van der Waals surface area contributed by atoms with Gasteiger partial charge in [-0.2, -0.15) is 11.8 Å². The van der Waals surface area contributed by atoms with E-state index in [1.54, 1.807) is 6.92 Å². The molecule has 1 heterocycles. The average Bonchev–Trinajstić information content (AvgIpc) is 2.71. The number of hydrogen-bond donors (Lipinski definition) is 2. The first kappa shape index (κ1) is 13.7. The molecule has 6 heteroatoms. The molecule has 1 aromatic rings. The maximum Gasteiger partial charge on any atom is 0.355 e. The predicted molar refractivity (Wildman–Crippen MR) is 77.0 cm³/mol. The molecule has 2 N–H and O–H groups in total. The molecule has 1 aliphatic rings. The summed E-state index contributed by atoms with van der Waals surface area (Å²) >= 11 is 3.38. The van der Waals surface area contributed by atoms with Crippen LogP contribution in [0.5, 0.6) is 0 Å². The van der Waals surface area contributed by atoms with Crippen molar-refractivity contribution in [3.8, 4) is 0 Å². The van der Waals surface area contributed by atoms with E-state index in [1.165, 1.54) is 24.2 Å². The fourth-order valence-corrected chi connectivity index (χ4v) is 3.90. The number of thioether (sulfide) groups is 1. The van der Waals surface area contributed by atoms with Gasteiger partial charge in [0.2, 0.25) is 0 Å². The summed E-state index contributed by atoms with van der Waals surface area (Å²) in [6.45, 7) is 1.80. The first-order chi connectivity index (χ1) is 8.60. The summed E-state index contributed by atoms with van der Waals surface area (Å²) in [4.78, 5) is 15.8. The minimum Gasteiger partial charge on any atom is -0.476 e. The summed E-state index contributed by atoms with van der Waals surface area (Å²) in [6.07, 6.45) is 6.92. The first-order valence-corrected chi connectivity index (χ1v) is 8.20. The van der Waals surface area contributed by atoms with Crippen molar-refractivity contribution in [3.63, 3.8) is 0 Å². The quantitative estimate of drug-likeness (QED) is 0.889. The second-order valence-electron chi connectivity index (χ2n) is 4.58. The van der Waals surface area contributed by atoms with Gasteiger partial charge >= 0.3 is 5.97 Å². The number of carboxylic acid groups (broad SMARTS) is 1. The van der Waals surface area contributed by atoms with Crippen LogP contribution in [0.1, 0.15) is 41.0 Å². The molecule has 0 amide bonds. The number of thiazole rings is 1. The smallest absolute Gasteiger partial charge is 0.355 e. The number of aryl methyl sites for hydroxylation is 1. The first-order valence-electron chi connectivity index (χ1n) is 6.10. The highest BCUT2D eigenvalue weighted by molar-refractivity contribution is 7.99. The van der Waals surface area contributed by atoms with Crippen LogP contribution in [0, 0.1) is 6.92 Å². The summed E-state index contributed by atoms with van der Waals surface area (Å²) in [5, 5.41) is 13.9. The lowest BCUT2D eigenvalue weighted by Gasteiger charge is -2.27. The Bertz CT molecular complexity index is 426. The Labute approximate surface area is 115 Å². The number of nitrogens with zero attached hydrogens (tertiary/aromatic N) is 1. The number of aromatic nitrogens is 1.